The monoisotopic (exact) mass is 203 g/mol. The second kappa shape index (κ2) is 8.83. The van der Waals surface area contributed by atoms with E-state index in [0.29, 0.717) is 0 Å². The van der Waals surface area contributed by atoms with Crippen LogP contribution in [0.3, 0.4) is 0 Å². The fourth-order valence-corrected chi connectivity index (χ4v) is 1.15. The van der Waals surface area contributed by atoms with Crippen molar-refractivity contribution in [1.29, 1.82) is 0 Å². The molecule has 0 unspecified atom stereocenters. The van der Waals surface area contributed by atoms with Gasteiger partial charge in [0.25, 0.3) is 0 Å². The lowest BCUT2D eigenvalue weighted by Gasteiger charge is -1.98. The molecule has 0 aliphatic rings. The number of benzene rings is 1. The molecular formula is C13H17NO. The Bertz CT molecular complexity index is 308. The van der Waals surface area contributed by atoms with Crippen molar-refractivity contribution in [3.63, 3.8) is 0 Å². The van der Waals surface area contributed by atoms with Gasteiger partial charge in [-0.2, -0.15) is 0 Å². The van der Waals surface area contributed by atoms with E-state index in [1.54, 1.807) is 0 Å². The number of terminal acetylenes is 1. The van der Waals surface area contributed by atoms with E-state index in [4.69, 9.17) is 11.2 Å². The van der Waals surface area contributed by atoms with Crippen molar-refractivity contribution in [2.45, 2.75) is 26.2 Å². The highest BCUT2D eigenvalue weighted by Crippen LogP contribution is 2.06. The highest BCUT2D eigenvalue weighted by Gasteiger charge is 1.90. The topological polar surface area (TPSA) is 43.1 Å². The Morgan fingerprint density at radius 3 is 2.40 bits per heavy atom. The Morgan fingerprint density at radius 2 is 1.93 bits per heavy atom. The molecule has 0 heterocycles. The van der Waals surface area contributed by atoms with E-state index in [1.165, 1.54) is 11.1 Å². The van der Waals surface area contributed by atoms with Gasteiger partial charge in [-0.1, -0.05) is 29.8 Å². The first kappa shape index (κ1) is 13.2. The number of hydrogen-bond donors (Lipinski definition) is 1. The molecule has 0 aromatic heterocycles. The van der Waals surface area contributed by atoms with Crippen LogP contribution < -0.4 is 5.73 Å². The van der Waals surface area contributed by atoms with Gasteiger partial charge in [-0.25, -0.2) is 0 Å². The van der Waals surface area contributed by atoms with Gasteiger partial charge in [0.2, 0.25) is 6.41 Å². The third-order valence-corrected chi connectivity index (χ3v) is 1.91. The molecule has 2 N–H and O–H groups in total. The lowest BCUT2D eigenvalue weighted by molar-refractivity contribution is -0.106. The number of rotatable bonds is 3. The summed E-state index contributed by atoms with van der Waals surface area (Å²) in [6.45, 7) is 2.10. The summed E-state index contributed by atoms with van der Waals surface area (Å²) < 4.78 is 0. The second-order valence-electron chi connectivity index (χ2n) is 3.18. The molecule has 15 heavy (non-hydrogen) atoms. The zero-order valence-electron chi connectivity index (χ0n) is 9.07. The molecule has 0 aliphatic carbocycles. The summed E-state index contributed by atoms with van der Waals surface area (Å²) in [6.07, 6.45) is 8.50. The molecule has 1 aromatic carbocycles. The highest BCUT2D eigenvalue weighted by atomic mass is 16.1. The van der Waals surface area contributed by atoms with E-state index >= 15 is 0 Å². The van der Waals surface area contributed by atoms with Crippen LogP contribution in [0.5, 0.6) is 0 Å². The molecule has 1 rings (SSSR count). The van der Waals surface area contributed by atoms with Gasteiger partial charge in [0.15, 0.2) is 0 Å². The van der Waals surface area contributed by atoms with Gasteiger partial charge >= 0.3 is 0 Å². The summed E-state index contributed by atoms with van der Waals surface area (Å²) in [6, 6.07) is 8.63. The first-order chi connectivity index (χ1) is 7.24. The Balaban J connectivity index is 0.000000583. The van der Waals surface area contributed by atoms with Crippen molar-refractivity contribution < 1.29 is 4.79 Å². The van der Waals surface area contributed by atoms with E-state index in [-0.39, 0.29) is 6.41 Å². The van der Waals surface area contributed by atoms with Gasteiger partial charge in [-0.3, -0.25) is 4.79 Å². The number of amides is 1. The molecule has 0 bridgehead atoms. The minimum atomic E-state index is 0.250. The third-order valence-electron chi connectivity index (χ3n) is 1.91. The van der Waals surface area contributed by atoms with Crippen molar-refractivity contribution in [2.75, 3.05) is 0 Å². The van der Waals surface area contributed by atoms with Crippen LogP contribution in [-0.4, -0.2) is 6.41 Å². The van der Waals surface area contributed by atoms with Crippen LogP contribution >= 0.6 is 0 Å². The molecule has 2 heteroatoms. The quantitative estimate of drug-likeness (QED) is 0.456. The number of primary amides is 1. The van der Waals surface area contributed by atoms with Gasteiger partial charge < -0.3 is 5.73 Å². The van der Waals surface area contributed by atoms with Crippen molar-refractivity contribution in [1.82, 2.24) is 0 Å². The zero-order chi connectivity index (χ0) is 11.5. The molecule has 0 spiro atoms. The summed E-state index contributed by atoms with van der Waals surface area (Å²) in [5.41, 5.74) is 6.87. The summed E-state index contributed by atoms with van der Waals surface area (Å²) in [5.74, 6) is 2.65. The van der Waals surface area contributed by atoms with Gasteiger partial charge in [0.05, 0.1) is 0 Å². The lowest BCUT2D eigenvalue weighted by atomic mass is 10.1. The minimum Gasteiger partial charge on any atom is -0.372 e. The van der Waals surface area contributed by atoms with Crippen molar-refractivity contribution in [3.05, 3.63) is 35.4 Å². The highest BCUT2D eigenvalue weighted by molar-refractivity contribution is 5.42. The van der Waals surface area contributed by atoms with Crippen molar-refractivity contribution >= 4 is 6.41 Å². The summed E-state index contributed by atoms with van der Waals surface area (Å²) >= 11 is 0. The van der Waals surface area contributed by atoms with E-state index < -0.39 is 0 Å². The fraction of sp³-hybridized carbons (Fsp3) is 0.308. The standard InChI is InChI=1S/C12H14.CH3NO/c1-3-4-5-6-12-9-7-11(2)8-10-12;2-1-3/h1,7-10H,4-6H2,2H3;1H,(H2,2,3). The van der Waals surface area contributed by atoms with Gasteiger partial charge in [-0.15, -0.1) is 12.3 Å². The molecule has 0 atom stereocenters. The maximum absolute atomic E-state index is 8.58. The number of carbonyl (C=O) groups excluding carboxylic acids is 1. The molecule has 2 nitrogen and oxygen atoms in total. The van der Waals surface area contributed by atoms with Gasteiger partial charge in [-0.05, 0) is 25.3 Å². The molecule has 0 saturated carbocycles. The van der Waals surface area contributed by atoms with Crippen LogP contribution in [0, 0.1) is 19.3 Å². The van der Waals surface area contributed by atoms with Crippen LogP contribution in [0.4, 0.5) is 0 Å². The van der Waals surface area contributed by atoms with Crippen molar-refractivity contribution in [2.24, 2.45) is 5.73 Å². The number of aryl methyl sites for hydroxylation is 2. The Morgan fingerprint density at radius 1 is 1.40 bits per heavy atom. The van der Waals surface area contributed by atoms with E-state index in [1.807, 2.05) is 0 Å². The smallest absolute Gasteiger partial charge is 0.204 e. The number of nitrogens with two attached hydrogens (primary N) is 1. The number of carbonyl (C=O) groups is 1. The first-order valence-corrected chi connectivity index (χ1v) is 4.89. The molecule has 0 fully saturated rings. The molecule has 1 amide bonds. The van der Waals surface area contributed by atoms with Crippen LogP contribution in [0.1, 0.15) is 24.0 Å². The number of hydrogen-bond acceptors (Lipinski definition) is 1. The first-order valence-electron chi connectivity index (χ1n) is 4.89. The lowest BCUT2D eigenvalue weighted by Crippen LogP contribution is -1.84. The van der Waals surface area contributed by atoms with Crippen molar-refractivity contribution in [3.8, 4) is 12.3 Å². The van der Waals surface area contributed by atoms with Crippen LogP contribution in [0.25, 0.3) is 0 Å². The average Bonchev–Trinajstić information content (AvgIpc) is 2.23. The van der Waals surface area contributed by atoms with E-state index in [2.05, 4.69) is 42.8 Å². The van der Waals surface area contributed by atoms with E-state index in [0.717, 1.165) is 19.3 Å². The van der Waals surface area contributed by atoms with Gasteiger partial charge in [0, 0.05) is 6.42 Å². The van der Waals surface area contributed by atoms with E-state index in [9.17, 15) is 0 Å². The SMILES string of the molecule is C#CCCCc1ccc(C)cc1.NC=O. The summed E-state index contributed by atoms with van der Waals surface area (Å²) in [5, 5.41) is 0. The van der Waals surface area contributed by atoms with Gasteiger partial charge in [0.1, 0.15) is 0 Å². The molecule has 1 aromatic rings. The largest absolute Gasteiger partial charge is 0.372 e. The molecule has 0 aliphatic heterocycles. The average molecular weight is 203 g/mol. The fourth-order valence-electron chi connectivity index (χ4n) is 1.15. The predicted molar refractivity (Wildman–Crippen MR) is 63.2 cm³/mol. The Kier molecular flexibility index (Phi) is 7.80. The molecule has 0 saturated heterocycles. The van der Waals surface area contributed by atoms with Crippen LogP contribution in [-0.2, 0) is 11.2 Å². The Hall–Kier alpha value is -1.75. The third kappa shape index (κ3) is 7.33. The molecular weight excluding hydrogens is 186 g/mol. The molecule has 80 valence electrons. The zero-order valence-corrected chi connectivity index (χ0v) is 9.07. The predicted octanol–water partition coefficient (Wildman–Crippen LogP) is 2.05. The number of unbranched alkanes of at least 4 members (excludes halogenated alkanes) is 1. The minimum absolute atomic E-state index is 0.250. The molecule has 0 radical (unpaired) electrons. The second-order valence-corrected chi connectivity index (χ2v) is 3.18. The summed E-state index contributed by atoms with van der Waals surface area (Å²) in [7, 11) is 0. The normalized spacial score (nSPS) is 8.27. The van der Waals surface area contributed by atoms with Crippen LogP contribution in [0.2, 0.25) is 0 Å². The maximum Gasteiger partial charge on any atom is 0.204 e. The maximum atomic E-state index is 8.58. The summed E-state index contributed by atoms with van der Waals surface area (Å²) in [4.78, 5) is 8.58. The van der Waals surface area contributed by atoms with Crippen LogP contribution in [0.15, 0.2) is 24.3 Å². The Labute approximate surface area is 91.5 Å².